The molecule has 0 aliphatic rings. The van der Waals surface area contributed by atoms with Crippen LogP contribution < -0.4 is 0 Å². The van der Waals surface area contributed by atoms with E-state index in [2.05, 4.69) is 9.97 Å². The largest absolute Gasteiger partial charge is 0.395 e. The molecule has 0 aliphatic heterocycles. The van der Waals surface area contributed by atoms with Crippen LogP contribution in [0.3, 0.4) is 0 Å². The van der Waals surface area contributed by atoms with E-state index in [0.717, 1.165) is 11.1 Å². The highest BCUT2D eigenvalue weighted by Crippen LogP contribution is 2.27. The van der Waals surface area contributed by atoms with Crippen molar-refractivity contribution >= 4 is 21.2 Å². The number of rotatable bonds is 8. The van der Waals surface area contributed by atoms with E-state index in [1.165, 1.54) is 0 Å². The molecule has 29 heavy (non-hydrogen) atoms. The average molecular weight is 423 g/mol. The van der Waals surface area contributed by atoms with Gasteiger partial charge in [0.2, 0.25) is 0 Å². The van der Waals surface area contributed by atoms with Crippen molar-refractivity contribution in [2.24, 2.45) is 0 Å². The zero-order valence-electron chi connectivity index (χ0n) is 15.8. The van der Waals surface area contributed by atoms with Gasteiger partial charge in [-0.3, -0.25) is 9.45 Å². The van der Waals surface area contributed by atoms with E-state index in [0.29, 0.717) is 30.7 Å². The summed E-state index contributed by atoms with van der Waals surface area (Å²) in [6.07, 6.45) is 0. The molecule has 0 fully saturated rings. The zero-order chi connectivity index (χ0) is 21.3. The van der Waals surface area contributed by atoms with Gasteiger partial charge in [-0.05, 0) is 11.6 Å². The van der Waals surface area contributed by atoms with E-state index in [1.54, 1.807) is 17.0 Å². The number of imidazole rings is 1. The number of nitrogens with one attached hydrogen (secondary N) is 1. The van der Waals surface area contributed by atoms with Crippen molar-refractivity contribution in [3.05, 3.63) is 48.5 Å². The molecule has 1 heterocycles. The number of aliphatic hydroxyl groups excluding tert-OH is 3. The van der Waals surface area contributed by atoms with E-state index in [4.69, 9.17) is 19.9 Å². The lowest BCUT2D eigenvalue weighted by Crippen LogP contribution is -2.32. The summed E-state index contributed by atoms with van der Waals surface area (Å²) in [6.45, 7) is 1.75. The van der Waals surface area contributed by atoms with Gasteiger partial charge in [-0.1, -0.05) is 42.5 Å². The van der Waals surface area contributed by atoms with E-state index in [1.807, 2.05) is 36.4 Å². The number of hydrogen-bond acceptors (Lipinski definition) is 7. The fourth-order valence-electron chi connectivity index (χ4n) is 2.74. The van der Waals surface area contributed by atoms with Crippen molar-refractivity contribution < 1.29 is 28.3 Å². The van der Waals surface area contributed by atoms with Gasteiger partial charge >= 0.3 is 10.1 Å². The molecule has 0 aliphatic carbocycles. The summed E-state index contributed by atoms with van der Waals surface area (Å²) in [5, 5.41) is 25.0. The van der Waals surface area contributed by atoms with Crippen molar-refractivity contribution in [1.29, 1.82) is 0 Å². The highest BCUT2D eigenvalue weighted by molar-refractivity contribution is 7.85. The second-order valence-electron chi connectivity index (χ2n) is 6.10. The highest BCUT2D eigenvalue weighted by Gasteiger charge is 2.17. The van der Waals surface area contributed by atoms with E-state index in [-0.39, 0.29) is 19.8 Å². The van der Waals surface area contributed by atoms with E-state index < -0.39 is 15.3 Å². The van der Waals surface area contributed by atoms with Crippen molar-refractivity contribution in [1.82, 2.24) is 14.9 Å². The molecule has 5 N–H and O–H groups in total. The summed E-state index contributed by atoms with van der Waals surface area (Å²) < 4.78 is 31.3. The van der Waals surface area contributed by atoms with Crippen LogP contribution in [0.15, 0.2) is 53.7 Å². The first-order valence-corrected chi connectivity index (χ1v) is 10.4. The summed E-state index contributed by atoms with van der Waals surface area (Å²) in [5.74, 6) is 0. The summed E-state index contributed by atoms with van der Waals surface area (Å²) in [4.78, 5) is 8.36. The molecule has 1 aromatic heterocycles. The Kier molecular flexibility index (Phi) is 8.70. The Morgan fingerprint density at radius 3 is 1.97 bits per heavy atom. The van der Waals surface area contributed by atoms with Crippen molar-refractivity contribution in [3.8, 4) is 11.1 Å². The van der Waals surface area contributed by atoms with Gasteiger partial charge in [0, 0.05) is 25.2 Å². The Hall–Kier alpha value is -2.34. The lowest BCUT2D eigenvalue weighted by atomic mass is 10.0. The second-order valence-corrected chi connectivity index (χ2v) is 7.43. The molecule has 0 bridgehead atoms. The van der Waals surface area contributed by atoms with Gasteiger partial charge in [-0.25, -0.2) is 4.98 Å². The molecule has 9 nitrogen and oxygen atoms in total. The predicted octanol–water partition coefficient (Wildman–Crippen LogP) is 0.742. The van der Waals surface area contributed by atoms with Gasteiger partial charge in [-0.15, -0.1) is 0 Å². The summed E-state index contributed by atoms with van der Waals surface area (Å²) in [5.41, 5.74) is 2.82. The Morgan fingerprint density at radius 2 is 1.45 bits per heavy atom. The van der Waals surface area contributed by atoms with Crippen LogP contribution >= 0.6 is 0 Å². The maximum Gasteiger partial charge on any atom is 0.328 e. The molecule has 2 aromatic carbocycles. The summed E-state index contributed by atoms with van der Waals surface area (Å²) in [7, 11) is -4.33. The molecule has 0 unspecified atom stereocenters. The van der Waals surface area contributed by atoms with Gasteiger partial charge in [0.25, 0.3) is 5.16 Å². The van der Waals surface area contributed by atoms with Crippen LogP contribution in [0.5, 0.6) is 0 Å². The Labute approximate surface area is 169 Å². The van der Waals surface area contributed by atoms with Crippen LogP contribution in [0.1, 0.15) is 0 Å². The Balaban J connectivity index is 0.000000257. The minimum atomic E-state index is -4.33. The molecule has 0 saturated carbocycles. The third kappa shape index (κ3) is 6.60. The van der Waals surface area contributed by atoms with Gasteiger partial charge in [0.1, 0.15) is 0 Å². The van der Waals surface area contributed by atoms with Gasteiger partial charge in [0.15, 0.2) is 0 Å². The first-order valence-electron chi connectivity index (χ1n) is 8.97. The van der Waals surface area contributed by atoms with E-state index >= 15 is 0 Å². The fourth-order valence-corrected chi connectivity index (χ4v) is 3.19. The number of hydrogen-bond donors (Lipinski definition) is 5. The lowest BCUT2D eigenvalue weighted by Gasteiger charge is -2.17. The molecule has 0 amide bonds. The fraction of sp³-hybridized carbons (Fsp3) is 0.316. The van der Waals surface area contributed by atoms with Crippen LogP contribution in [0.2, 0.25) is 0 Å². The molecule has 10 heteroatoms. The predicted molar refractivity (Wildman–Crippen MR) is 109 cm³/mol. The number of aliphatic hydroxyl groups is 3. The average Bonchev–Trinajstić information content (AvgIpc) is 3.15. The Bertz CT molecular complexity index is 977. The smallest absolute Gasteiger partial charge is 0.328 e. The van der Waals surface area contributed by atoms with Crippen LogP contribution in [0.25, 0.3) is 22.2 Å². The molecule has 0 saturated heterocycles. The van der Waals surface area contributed by atoms with Crippen LogP contribution in [0.4, 0.5) is 0 Å². The molecule has 3 aromatic rings. The quantitative estimate of drug-likeness (QED) is 0.333. The topological polar surface area (TPSA) is 147 Å². The third-order valence-electron chi connectivity index (χ3n) is 4.07. The van der Waals surface area contributed by atoms with Crippen molar-refractivity contribution in [2.75, 3.05) is 39.5 Å². The molecule has 0 spiro atoms. The molecule has 158 valence electrons. The second kappa shape index (κ2) is 11.0. The minimum absolute atomic E-state index is 0.0694. The number of benzene rings is 2. The van der Waals surface area contributed by atoms with Gasteiger partial charge in [0.05, 0.1) is 30.9 Å². The number of aromatic nitrogens is 2. The monoisotopic (exact) mass is 423 g/mol. The molecule has 3 rings (SSSR count). The van der Waals surface area contributed by atoms with E-state index in [9.17, 15) is 8.42 Å². The van der Waals surface area contributed by atoms with Crippen molar-refractivity contribution in [2.45, 2.75) is 5.16 Å². The standard InChI is InChI=1S/C13H10N2O3S.C6H15NO3/c16-19(17,18)13-14-11-8-4-7-10(12(11)15-13)9-5-2-1-3-6-9;8-4-1-7(2-5-9)3-6-10/h1-8H,(H,14,15)(H,16,17,18);8-10H,1-6H2. The number of fused-ring (bicyclic) bond motifs is 1. The van der Waals surface area contributed by atoms with Crippen LogP contribution in [-0.4, -0.2) is 82.6 Å². The summed E-state index contributed by atoms with van der Waals surface area (Å²) in [6, 6.07) is 14.9. The molecule has 0 atom stereocenters. The summed E-state index contributed by atoms with van der Waals surface area (Å²) >= 11 is 0. The minimum Gasteiger partial charge on any atom is -0.395 e. The maximum atomic E-state index is 11.1. The first kappa shape index (κ1) is 22.9. The zero-order valence-corrected chi connectivity index (χ0v) is 16.6. The molecular formula is C19H25N3O6S. The van der Waals surface area contributed by atoms with Crippen LogP contribution in [0, 0.1) is 0 Å². The maximum absolute atomic E-state index is 11.1. The lowest BCUT2D eigenvalue weighted by molar-refractivity contribution is 0.136. The highest BCUT2D eigenvalue weighted by atomic mass is 32.2. The number of para-hydroxylation sites is 1. The SMILES string of the molecule is O=S(=O)(O)c1nc2c(-c3ccccc3)cccc2[nH]1.OCCN(CCO)CCO. The first-order chi connectivity index (χ1) is 13.9. The Morgan fingerprint density at radius 1 is 0.862 bits per heavy atom. The van der Waals surface area contributed by atoms with Crippen LogP contribution in [-0.2, 0) is 10.1 Å². The number of H-pyrrole nitrogens is 1. The van der Waals surface area contributed by atoms with Crippen molar-refractivity contribution in [3.63, 3.8) is 0 Å². The number of aromatic amines is 1. The molecular weight excluding hydrogens is 398 g/mol. The molecule has 0 radical (unpaired) electrons. The number of nitrogens with zero attached hydrogens (tertiary/aromatic N) is 2. The van der Waals surface area contributed by atoms with Gasteiger partial charge < -0.3 is 20.3 Å². The van der Waals surface area contributed by atoms with Gasteiger partial charge in [-0.2, -0.15) is 8.42 Å². The third-order valence-corrected chi connectivity index (χ3v) is 4.75. The normalized spacial score (nSPS) is 11.5.